The number of hydrogen-bond donors (Lipinski definition) is 3. The molecule has 4 heterocycles. The number of nitrogens with one attached hydrogen (secondary N) is 1. The minimum Gasteiger partial charge on any atom is -0.457 e. The van der Waals surface area contributed by atoms with E-state index < -0.39 is 59.0 Å². The summed E-state index contributed by atoms with van der Waals surface area (Å²) in [6.07, 6.45) is 1.40. The molecule has 1 aromatic rings. The van der Waals surface area contributed by atoms with Gasteiger partial charge in [0.25, 0.3) is 5.91 Å². The number of amides is 4. The van der Waals surface area contributed by atoms with Crippen molar-refractivity contribution in [2.45, 2.75) is 69.9 Å². The summed E-state index contributed by atoms with van der Waals surface area (Å²) in [4.78, 5) is 61.0. The van der Waals surface area contributed by atoms with Gasteiger partial charge in [0.05, 0.1) is 12.6 Å². The third-order valence-electron chi connectivity index (χ3n) is 9.67. The summed E-state index contributed by atoms with van der Waals surface area (Å²) in [5.41, 5.74) is 10.3. The van der Waals surface area contributed by atoms with Crippen molar-refractivity contribution in [3.05, 3.63) is 18.3 Å². The Hall–Kier alpha value is -3.28. The molecule has 210 valence electrons. The lowest BCUT2D eigenvalue weighted by Gasteiger charge is -2.38. The van der Waals surface area contributed by atoms with E-state index in [1.54, 1.807) is 12.1 Å². The third kappa shape index (κ3) is 3.81. The normalized spacial score (nSPS) is 37.4. The Morgan fingerprint density at radius 3 is 2.67 bits per heavy atom. The lowest BCUT2D eigenvalue weighted by Crippen LogP contribution is -2.59. The third-order valence-corrected chi connectivity index (χ3v) is 9.67. The molecule has 5 aliphatic rings. The van der Waals surface area contributed by atoms with Gasteiger partial charge >= 0.3 is 0 Å². The molecule has 2 bridgehead atoms. The molecule has 0 aromatic carbocycles. The van der Waals surface area contributed by atoms with Crippen molar-refractivity contribution in [2.75, 3.05) is 18.4 Å². The predicted molar refractivity (Wildman–Crippen MR) is 137 cm³/mol. The first-order valence-electron chi connectivity index (χ1n) is 13.6. The van der Waals surface area contributed by atoms with Gasteiger partial charge in [-0.05, 0) is 54.1 Å². The lowest BCUT2D eigenvalue weighted by molar-refractivity contribution is -0.150. The summed E-state index contributed by atoms with van der Waals surface area (Å²) in [5, 5.41) is 2.76. The molecule has 11 nitrogen and oxygen atoms in total. The maximum absolute atomic E-state index is 15.0. The highest BCUT2D eigenvalue weighted by Crippen LogP contribution is 2.59. The van der Waals surface area contributed by atoms with Gasteiger partial charge in [0.2, 0.25) is 29.2 Å². The molecule has 12 heteroatoms. The monoisotopic (exact) mass is 542 g/mol. The zero-order chi connectivity index (χ0) is 28.0. The molecule has 1 spiro atoms. The van der Waals surface area contributed by atoms with Crippen molar-refractivity contribution in [2.24, 2.45) is 40.6 Å². The van der Waals surface area contributed by atoms with E-state index in [-0.39, 0.29) is 42.5 Å². The Balaban J connectivity index is 1.36. The second-order valence-electron chi connectivity index (χ2n) is 12.9. The number of anilines is 1. The molecule has 2 saturated carbocycles. The number of likely N-dealkylation sites (tertiary alicyclic amines) is 2. The van der Waals surface area contributed by atoms with Gasteiger partial charge in [0.1, 0.15) is 23.9 Å². The number of primary amides is 1. The first-order chi connectivity index (χ1) is 18.3. The number of aromatic nitrogens is 1. The number of fused-ring (bicyclic) bond motifs is 6. The van der Waals surface area contributed by atoms with E-state index in [4.69, 9.17) is 16.2 Å². The van der Waals surface area contributed by atoms with Gasteiger partial charge in [-0.1, -0.05) is 20.8 Å². The molecule has 9 atom stereocenters. The molecule has 4 fully saturated rings. The van der Waals surface area contributed by atoms with E-state index in [0.29, 0.717) is 25.1 Å². The van der Waals surface area contributed by atoms with Gasteiger partial charge in [-0.3, -0.25) is 19.2 Å². The van der Waals surface area contributed by atoms with Gasteiger partial charge < -0.3 is 31.3 Å². The summed E-state index contributed by atoms with van der Waals surface area (Å²) in [5.74, 6) is -2.72. The van der Waals surface area contributed by atoms with Crippen LogP contribution in [0.3, 0.4) is 0 Å². The van der Waals surface area contributed by atoms with Crippen LogP contribution < -0.4 is 21.5 Å². The molecule has 39 heavy (non-hydrogen) atoms. The molecule has 2 saturated heterocycles. The Labute approximate surface area is 225 Å². The van der Waals surface area contributed by atoms with Crippen molar-refractivity contribution in [1.29, 1.82) is 0 Å². The smallest absolute Gasteiger partial charge is 0.270 e. The van der Waals surface area contributed by atoms with Gasteiger partial charge in [0, 0.05) is 19.2 Å². The van der Waals surface area contributed by atoms with Crippen molar-refractivity contribution in [3.8, 4) is 5.88 Å². The molecule has 2 aliphatic carbocycles. The van der Waals surface area contributed by atoms with Crippen molar-refractivity contribution in [3.63, 3.8) is 0 Å². The number of hydrogen-bond acceptors (Lipinski definition) is 7. The van der Waals surface area contributed by atoms with Crippen molar-refractivity contribution in [1.82, 2.24) is 14.8 Å². The molecular formula is C27H35FN6O5. The number of nitrogens with zero attached hydrogens (tertiary/aromatic N) is 3. The van der Waals surface area contributed by atoms with Crippen LogP contribution in [-0.4, -0.2) is 81.4 Å². The van der Waals surface area contributed by atoms with Crippen LogP contribution in [0.2, 0.25) is 0 Å². The number of carbonyl (C=O) groups excluding carboxylic acids is 4. The summed E-state index contributed by atoms with van der Waals surface area (Å²) in [7, 11) is 0. The van der Waals surface area contributed by atoms with Gasteiger partial charge in [-0.15, -0.1) is 0 Å². The fourth-order valence-electron chi connectivity index (χ4n) is 7.60. The highest BCUT2D eigenvalue weighted by molar-refractivity contribution is 6.03. The van der Waals surface area contributed by atoms with Crippen LogP contribution in [0.1, 0.15) is 40.0 Å². The van der Waals surface area contributed by atoms with Crippen LogP contribution in [0.5, 0.6) is 5.88 Å². The highest BCUT2D eigenvalue weighted by atomic mass is 19.1. The zero-order valence-corrected chi connectivity index (χ0v) is 22.3. The first kappa shape index (κ1) is 26.0. The molecule has 3 aliphatic heterocycles. The maximum atomic E-state index is 15.0. The van der Waals surface area contributed by atoms with Crippen LogP contribution in [0, 0.1) is 29.1 Å². The number of pyridine rings is 1. The first-order valence-corrected chi connectivity index (χ1v) is 13.6. The molecule has 5 N–H and O–H groups in total. The van der Waals surface area contributed by atoms with Crippen LogP contribution in [-0.2, 0) is 19.2 Å². The van der Waals surface area contributed by atoms with E-state index in [9.17, 15) is 19.2 Å². The molecular weight excluding hydrogens is 507 g/mol. The van der Waals surface area contributed by atoms with Gasteiger partial charge in [0.15, 0.2) is 0 Å². The van der Waals surface area contributed by atoms with Crippen LogP contribution in [0.15, 0.2) is 18.3 Å². The molecule has 6 rings (SSSR count). The lowest BCUT2D eigenvalue weighted by atomic mass is 9.77. The van der Waals surface area contributed by atoms with E-state index >= 15 is 4.39 Å². The second kappa shape index (κ2) is 8.61. The minimum absolute atomic E-state index is 0.0269. The number of carbonyl (C=O) groups is 4. The van der Waals surface area contributed by atoms with Gasteiger partial charge in [-0.2, -0.15) is 0 Å². The quantitative estimate of drug-likeness (QED) is 0.499. The second-order valence-corrected chi connectivity index (χ2v) is 12.9. The number of halogens is 1. The van der Waals surface area contributed by atoms with E-state index in [2.05, 4.69) is 10.3 Å². The Kier molecular flexibility index (Phi) is 5.73. The van der Waals surface area contributed by atoms with E-state index in [0.717, 1.165) is 0 Å². The highest BCUT2D eigenvalue weighted by Gasteiger charge is 2.65. The summed E-state index contributed by atoms with van der Waals surface area (Å²) in [6.45, 7) is 5.61. The van der Waals surface area contributed by atoms with Gasteiger partial charge in [-0.25, -0.2) is 9.37 Å². The van der Waals surface area contributed by atoms with Crippen LogP contribution >= 0.6 is 0 Å². The standard InChI is InChI=1S/C27H35FN6O5/c1-26(2,3)20(29)24(37)33-10-14-12-7-13(15(28)8-12)18(14)19(33)23(36)34-11-27(9-17(34)21(30)35)25(38)32-16-5-4-6-31-22(16)39-27/h4-6,12-15,17-20H,7-11,29H2,1-3H3,(H2,30,35)(H,32,38)/t12-,13+,14+,15+,17-,18-,19-,20+,27+/m0/s1. The molecule has 0 unspecified atom stereocenters. The molecule has 4 amide bonds. The molecule has 0 radical (unpaired) electrons. The summed E-state index contributed by atoms with van der Waals surface area (Å²) >= 11 is 0. The van der Waals surface area contributed by atoms with Crippen LogP contribution in [0.4, 0.5) is 10.1 Å². The fourth-order valence-corrected chi connectivity index (χ4v) is 7.60. The Bertz CT molecular complexity index is 1250. The van der Waals surface area contributed by atoms with Crippen molar-refractivity contribution >= 4 is 29.3 Å². The topological polar surface area (TPSA) is 161 Å². The average molecular weight is 543 g/mol. The summed E-state index contributed by atoms with van der Waals surface area (Å²) in [6, 6.07) is 0.255. The summed E-state index contributed by atoms with van der Waals surface area (Å²) < 4.78 is 21.1. The number of nitrogens with two attached hydrogens (primary N) is 2. The van der Waals surface area contributed by atoms with E-state index in [1.807, 2.05) is 20.8 Å². The number of alkyl halides is 1. The predicted octanol–water partition coefficient (Wildman–Crippen LogP) is 0.432. The number of rotatable bonds is 3. The maximum Gasteiger partial charge on any atom is 0.270 e. The van der Waals surface area contributed by atoms with Crippen molar-refractivity contribution < 1.29 is 28.3 Å². The Morgan fingerprint density at radius 2 is 1.97 bits per heavy atom. The minimum atomic E-state index is -1.58. The largest absolute Gasteiger partial charge is 0.457 e. The van der Waals surface area contributed by atoms with E-state index in [1.165, 1.54) is 16.0 Å². The Morgan fingerprint density at radius 1 is 1.23 bits per heavy atom. The number of ether oxygens (including phenoxy) is 1. The van der Waals surface area contributed by atoms with Crippen LogP contribution in [0.25, 0.3) is 0 Å². The average Bonchev–Trinajstić information content (AvgIpc) is 3.62. The SMILES string of the molecule is CC(C)(C)[C@H](N)C(=O)N1C[C@@H]2[C@H]3C[C@@H]([C@@H]2[C@H]1C(=O)N1C[C@@]2(C[C@H]1C(N)=O)Oc1ncccc1NC2=O)[C@H](F)C3. The molecule has 1 aromatic heterocycles. The fraction of sp³-hybridized carbons (Fsp3) is 0.667. The zero-order valence-electron chi connectivity index (χ0n) is 22.3.